The Kier molecular flexibility index (Phi) is 7.17. The molecule has 0 atom stereocenters. The molecule has 104 valence electrons. The van der Waals surface area contributed by atoms with Crippen LogP contribution in [0.1, 0.15) is 5.56 Å². The van der Waals surface area contributed by atoms with Gasteiger partial charge in [-0.2, -0.15) is 4.31 Å². The highest BCUT2D eigenvalue weighted by Crippen LogP contribution is 2.22. The SMILES string of the molecule is CNCCN(C)S(=O)(=O)c1cc(Cl)ccc1C.Cl. The van der Waals surface area contributed by atoms with Crippen LogP contribution < -0.4 is 5.32 Å². The number of halogens is 2. The summed E-state index contributed by atoms with van der Waals surface area (Å²) >= 11 is 5.84. The van der Waals surface area contributed by atoms with Crippen LogP contribution in [-0.2, 0) is 10.0 Å². The number of aryl methyl sites for hydroxylation is 1. The van der Waals surface area contributed by atoms with Crippen LogP contribution in [0.25, 0.3) is 0 Å². The highest BCUT2D eigenvalue weighted by molar-refractivity contribution is 7.89. The predicted molar refractivity (Wildman–Crippen MR) is 77.2 cm³/mol. The molecule has 1 N–H and O–H groups in total. The Morgan fingerprint density at radius 2 is 2.00 bits per heavy atom. The second kappa shape index (κ2) is 7.31. The van der Waals surface area contributed by atoms with Crippen molar-refractivity contribution < 1.29 is 8.42 Å². The van der Waals surface area contributed by atoms with E-state index in [0.717, 1.165) is 0 Å². The van der Waals surface area contributed by atoms with Crippen LogP contribution in [0.3, 0.4) is 0 Å². The minimum Gasteiger partial charge on any atom is -0.318 e. The monoisotopic (exact) mass is 312 g/mol. The van der Waals surface area contributed by atoms with Gasteiger partial charge in [0.05, 0.1) is 4.90 Å². The van der Waals surface area contributed by atoms with E-state index in [1.807, 2.05) is 0 Å². The first kappa shape index (κ1) is 17.7. The summed E-state index contributed by atoms with van der Waals surface area (Å²) in [4.78, 5) is 0.267. The van der Waals surface area contributed by atoms with Crippen LogP contribution in [0.2, 0.25) is 5.02 Å². The second-order valence-electron chi connectivity index (χ2n) is 3.84. The van der Waals surface area contributed by atoms with Gasteiger partial charge in [-0.1, -0.05) is 17.7 Å². The molecule has 0 aliphatic rings. The van der Waals surface area contributed by atoms with Crippen molar-refractivity contribution in [1.82, 2.24) is 9.62 Å². The molecule has 0 spiro atoms. The zero-order chi connectivity index (χ0) is 13.1. The van der Waals surface area contributed by atoms with Gasteiger partial charge in [-0.3, -0.25) is 0 Å². The summed E-state index contributed by atoms with van der Waals surface area (Å²) in [5, 5.41) is 3.34. The minimum atomic E-state index is -3.46. The summed E-state index contributed by atoms with van der Waals surface area (Å²) in [6.07, 6.45) is 0. The summed E-state index contributed by atoms with van der Waals surface area (Å²) in [5.41, 5.74) is 0.700. The number of hydrogen-bond acceptors (Lipinski definition) is 3. The van der Waals surface area contributed by atoms with Crippen molar-refractivity contribution in [1.29, 1.82) is 0 Å². The molecule has 0 radical (unpaired) electrons. The third-order valence-corrected chi connectivity index (χ3v) is 4.75. The Morgan fingerprint density at radius 1 is 1.39 bits per heavy atom. The van der Waals surface area contributed by atoms with E-state index >= 15 is 0 Å². The molecule has 1 aromatic carbocycles. The highest BCUT2D eigenvalue weighted by Gasteiger charge is 2.22. The lowest BCUT2D eigenvalue weighted by atomic mass is 10.2. The van der Waals surface area contributed by atoms with Crippen molar-refractivity contribution >= 4 is 34.0 Å². The Bertz CT molecular complexity index is 492. The molecular weight excluding hydrogens is 295 g/mol. The summed E-state index contributed by atoms with van der Waals surface area (Å²) in [6.45, 7) is 2.79. The molecule has 0 aromatic heterocycles. The standard InChI is InChI=1S/C11H17ClN2O2S.ClH/c1-9-4-5-10(12)8-11(9)17(15,16)14(3)7-6-13-2;/h4-5,8,13H,6-7H2,1-3H3;1H. The van der Waals surface area contributed by atoms with Gasteiger partial charge < -0.3 is 5.32 Å². The fraction of sp³-hybridized carbons (Fsp3) is 0.455. The normalized spacial score (nSPS) is 11.4. The molecular formula is C11H18Cl2N2O2S. The zero-order valence-corrected chi connectivity index (χ0v) is 13.0. The molecule has 0 unspecified atom stereocenters. The van der Waals surface area contributed by atoms with Crippen molar-refractivity contribution in [2.75, 3.05) is 27.2 Å². The molecule has 7 heteroatoms. The maximum Gasteiger partial charge on any atom is 0.243 e. The Balaban J connectivity index is 0.00000289. The first-order valence-corrected chi connectivity index (χ1v) is 7.08. The van der Waals surface area contributed by atoms with Crippen LogP contribution in [0, 0.1) is 6.92 Å². The lowest BCUT2D eigenvalue weighted by Gasteiger charge is -2.18. The number of nitrogens with zero attached hydrogens (tertiary/aromatic N) is 1. The van der Waals surface area contributed by atoms with Crippen LogP contribution in [0.15, 0.2) is 23.1 Å². The van der Waals surface area contributed by atoms with E-state index in [0.29, 0.717) is 23.7 Å². The third kappa shape index (κ3) is 4.10. The van der Waals surface area contributed by atoms with E-state index in [2.05, 4.69) is 5.32 Å². The molecule has 0 saturated carbocycles. The van der Waals surface area contributed by atoms with Crippen LogP contribution >= 0.6 is 24.0 Å². The lowest BCUT2D eigenvalue weighted by molar-refractivity contribution is 0.465. The summed E-state index contributed by atoms with van der Waals surface area (Å²) in [6, 6.07) is 4.88. The van der Waals surface area contributed by atoms with Crippen molar-refractivity contribution in [2.24, 2.45) is 0 Å². The van der Waals surface area contributed by atoms with Crippen molar-refractivity contribution in [3.05, 3.63) is 28.8 Å². The van der Waals surface area contributed by atoms with E-state index in [-0.39, 0.29) is 17.3 Å². The van der Waals surface area contributed by atoms with Gasteiger partial charge in [0.25, 0.3) is 0 Å². The van der Waals surface area contributed by atoms with Crippen molar-refractivity contribution in [3.63, 3.8) is 0 Å². The van der Waals surface area contributed by atoms with Gasteiger partial charge in [0.15, 0.2) is 0 Å². The van der Waals surface area contributed by atoms with E-state index in [4.69, 9.17) is 11.6 Å². The molecule has 1 aromatic rings. The maximum absolute atomic E-state index is 12.3. The number of hydrogen-bond donors (Lipinski definition) is 1. The van der Waals surface area contributed by atoms with Gasteiger partial charge in [0.1, 0.15) is 0 Å². The lowest BCUT2D eigenvalue weighted by Crippen LogP contribution is -2.33. The minimum absolute atomic E-state index is 0. The molecule has 4 nitrogen and oxygen atoms in total. The van der Waals surface area contributed by atoms with Crippen molar-refractivity contribution in [2.45, 2.75) is 11.8 Å². The number of nitrogens with one attached hydrogen (secondary N) is 1. The fourth-order valence-electron chi connectivity index (χ4n) is 1.41. The summed E-state index contributed by atoms with van der Waals surface area (Å²) in [5.74, 6) is 0. The molecule has 0 heterocycles. The summed E-state index contributed by atoms with van der Waals surface area (Å²) < 4.78 is 25.8. The maximum atomic E-state index is 12.3. The molecule has 0 bridgehead atoms. The smallest absolute Gasteiger partial charge is 0.243 e. The van der Waals surface area contributed by atoms with Crippen LogP contribution in [0.4, 0.5) is 0 Å². The summed E-state index contributed by atoms with van der Waals surface area (Å²) in [7, 11) is -0.110. The second-order valence-corrected chi connectivity index (χ2v) is 6.29. The predicted octanol–water partition coefficient (Wildman–Crippen LogP) is 1.91. The van der Waals surface area contributed by atoms with Gasteiger partial charge in [0, 0.05) is 25.2 Å². The molecule has 0 amide bonds. The third-order valence-electron chi connectivity index (χ3n) is 2.52. The zero-order valence-electron chi connectivity index (χ0n) is 10.6. The Labute approximate surface area is 120 Å². The first-order valence-electron chi connectivity index (χ1n) is 5.26. The number of benzene rings is 1. The number of sulfonamides is 1. The fourth-order valence-corrected chi connectivity index (χ4v) is 3.06. The first-order chi connectivity index (χ1) is 7.89. The molecule has 0 aliphatic carbocycles. The van der Waals surface area contributed by atoms with Crippen molar-refractivity contribution in [3.8, 4) is 0 Å². The van der Waals surface area contributed by atoms with Gasteiger partial charge in [-0.05, 0) is 31.7 Å². The number of likely N-dealkylation sites (N-methyl/N-ethyl adjacent to an activating group) is 2. The molecule has 18 heavy (non-hydrogen) atoms. The van der Waals surface area contributed by atoms with Gasteiger partial charge in [-0.15, -0.1) is 12.4 Å². The number of rotatable bonds is 5. The van der Waals surface area contributed by atoms with Gasteiger partial charge in [0.2, 0.25) is 10.0 Å². The Morgan fingerprint density at radius 3 is 2.56 bits per heavy atom. The van der Waals surface area contributed by atoms with E-state index in [1.165, 1.54) is 10.4 Å². The van der Waals surface area contributed by atoms with Crippen LogP contribution in [-0.4, -0.2) is 39.9 Å². The largest absolute Gasteiger partial charge is 0.318 e. The van der Waals surface area contributed by atoms with Gasteiger partial charge in [-0.25, -0.2) is 8.42 Å². The molecule has 0 fully saturated rings. The average Bonchev–Trinajstić information content (AvgIpc) is 2.28. The van der Waals surface area contributed by atoms with Gasteiger partial charge >= 0.3 is 0 Å². The molecule has 0 saturated heterocycles. The average molecular weight is 313 g/mol. The van der Waals surface area contributed by atoms with E-state index in [1.54, 1.807) is 33.2 Å². The van der Waals surface area contributed by atoms with E-state index < -0.39 is 10.0 Å². The molecule has 1 rings (SSSR count). The highest BCUT2D eigenvalue weighted by atomic mass is 35.5. The topological polar surface area (TPSA) is 49.4 Å². The Hall–Kier alpha value is -0.330. The quantitative estimate of drug-likeness (QED) is 0.903. The van der Waals surface area contributed by atoms with Crippen LogP contribution in [0.5, 0.6) is 0 Å². The molecule has 0 aliphatic heterocycles. The van der Waals surface area contributed by atoms with E-state index in [9.17, 15) is 8.42 Å².